The zero-order valence-corrected chi connectivity index (χ0v) is 10.4. The first kappa shape index (κ1) is 10.5. The Kier molecular flexibility index (Phi) is 2.11. The third kappa shape index (κ3) is 1.64. The van der Waals surface area contributed by atoms with Crippen molar-refractivity contribution >= 4 is 5.69 Å². The minimum Gasteiger partial charge on any atom is -0.384 e. The summed E-state index contributed by atoms with van der Waals surface area (Å²) in [6.07, 6.45) is 0. The summed E-state index contributed by atoms with van der Waals surface area (Å²) in [4.78, 5) is 0. The first-order valence-corrected chi connectivity index (χ1v) is 5.70. The summed E-state index contributed by atoms with van der Waals surface area (Å²) in [5.74, 6) is 0. The molecule has 0 aromatic heterocycles. The molecule has 15 heavy (non-hydrogen) atoms. The van der Waals surface area contributed by atoms with Crippen molar-refractivity contribution in [2.75, 3.05) is 11.9 Å². The second kappa shape index (κ2) is 3.01. The van der Waals surface area contributed by atoms with E-state index in [9.17, 15) is 0 Å². The number of nitrogens with one attached hydrogen (secondary N) is 1. The van der Waals surface area contributed by atoms with Crippen LogP contribution in [0.5, 0.6) is 0 Å². The molecule has 1 nitrogen and oxygen atoms in total. The molecular formula is C14H21N. The summed E-state index contributed by atoms with van der Waals surface area (Å²) < 4.78 is 0. The Morgan fingerprint density at radius 3 is 2.47 bits per heavy atom. The van der Waals surface area contributed by atoms with Crippen molar-refractivity contribution in [2.24, 2.45) is 0 Å². The second-order valence-corrected chi connectivity index (χ2v) is 6.22. The molecule has 0 unspecified atom stereocenters. The molecular weight excluding hydrogens is 182 g/mol. The Morgan fingerprint density at radius 1 is 1.20 bits per heavy atom. The van der Waals surface area contributed by atoms with Gasteiger partial charge in [-0.15, -0.1) is 0 Å². The number of fused-ring (bicyclic) bond motifs is 1. The largest absolute Gasteiger partial charge is 0.384 e. The summed E-state index contributed by atoms with van der Waals surface area (Å²) in [5, 5.41) is 3.57. The minimum absolute atomic E-state index is 0.221. The Bertz CT molecular complexity index is 383. The summed E-state index contributed by atoms with van der Waals surface area (Å²) >= 11 is 0. The van der Waals surface area contributed by atoms with Crippen LogP contribution in [0.4, 0.5) is 5.69 Å². The molecule has 0 radical (unpaired) electrons. The van der Waals surface area contributed by atoms with Gasteiger partial charge in [0.05, 0.1) is 0 Å². The lowest BCUT2D eigenvalue weighted by Gasteiger charge is -2.23. The van der Waals surface area contributed by atoms with E-state index in [1.807, 2.05) is 0 Å². The van der Waals surface area contributed by atoms with E-state index in [2.05, 4.69) is 58.1 Å². The number of hydrogen-bond acceptors (Lipinski definition) is 1. The lowest BCUT2D eigenvalue weighted by Crippen LogP contribution is -2.18. The Morgan fingerprint density at radius 2 is 1.87 bits per heavy atom. The van der Waals surface area contributed by atoms with Crippen molar-refractivity contribution in [3.8, 4) is 0 Å². The highest BCUT2D eigenvalue weighted by atomic mass is 14.9. The zero-order chi connectivity index (χ0) is 11.3. The van der Waals surface area contributed by atoms with E-state index in [0.717, 1.165) is 6.54 Å². The molecule has 1 aliphatic heterocycles. The molecule has 0 atom stereocenters. The van der Waals surface area contributed by atoms with E-state index in [1.54, 1.807) is 0 Å². The highest BCUT2D eigenvalue weighted by Crippen LogP contribution is 2.42. The number of rotatable bonds is 0. The molecule has 1 heteroatoms. The fraction of sp³-hybridized carbons (Fsp3) is 0.571. The van der Waals surface area contributed by atoms with Crippen LogP contribution in [0, 0.1) is 0 Å². The Hall–Kier alpha value is -0.980. The Labute approximate surface area is 92.9 Å². The second-order valence-electron chi connectivity index (χ2n) is 6.22. The minimum atomic E-state index is 0.221. The van der Waals surface area contributed by atoms with Crippen molar-refractivity contribution in [1.29, 1.82) is 0 Å². The van der Waals surface area contributed by atoms with Gasteiger partial charge in [-0.3, -0.25) is 0 Å². The monoisotopic (exact) mass is 203 g/mol. The first-order valence-electron chi connectivity index (χ1n) is 5.70. The maximum absolute atomic E-state index is 3.57. The van der Waals surface area contributed by atoms with Crippen LogP contribution in [0.2, 0.25) is 0 Å². The molecule has 0 spiro atoms. The molecule has 0 fully saturated rings. The van der Waals surface area contributed by atoms with Crippen molar-refractivity contribution in [2.45, 2.75) is 45.4 Å². The number of anilines is 1. The van der Waals surface area contributed by atoms with Gasteiger partial charge >= 0.3 is 0 Å². The fourth-order valence-electron chi connectivity index (χ4n) is 2.34. The van der Waals surface area contributed by atoms with Crippen molar-refractivity contribution < 1.29 is 0 Å². The molecule has 1 heterocycles. The van der Waals surface area contributed by atoms with E-state index in [4.69, 9.17) is 0 Å². The molecule has 0 saturated heterocycles. The van der Waals surface area contributed by atoms with E-state index in [1.165, 1.54) is 16.8 Å². The van der Waals surface area contributed by atoms with Gasteiger partial charge in [-0.1, -0.05) is 52.8 Å². The molecule has 0 saturated carbocycles. The summed E-state index contributed by atoms with van der Waals surface area (Å²) in [6, 6.07) is 6.69. The Balaban J connectivity index is 2.60. The van der Waals surface area contributed by atoms with Crippen molar-refractivity contribution in [3.05, 3.63) is 29.3 Å². The highest BCUT2D eigenvalue weighted by Gasteiger charge is 2.33. The van der Waals surface area contributed by atoms with Crippen LogP contribution < -0.4 is 5.32 Å². The van der Waals surface area contributed by atoms with E-state index >= 15 is 0 Å². The molecule has 1 aliphatic rings. The molecule has 0 amide bonds. The topological polar surface area (TPSA) is 12.0 Å². The van der Waals surface area contributed by atoms with Crippen molar-refractivity contribution in [1.82, 2.24) is 0 Å². The van der Waals surface area contributed by atoms with Gasteiger partial charge in [0.15, 0.2) is 0 Å². The van der Waals surface area contributed by atoms with Crippen LogP contribution in [0.3, 0.4) is 0 Å². The molecule has 2 rings (SSSR count). The zero-order valence-electron chi connectivity index (χ0n) is 10.4. The third-order valence-electron chi connectivity index (χ3n) is 3.31. The van der Waals surface area contributed by atoms with Crippen LogP contribution in [0.25, 0.3) is 0 Å². The average molecular weight is 203 g/mol. The van der Waals surface area contributed by atoms with Crippen LogP contribution >= 0.6 is 0 Å². The lowest BCUT2D eigenvalue weighted by atomic mass is 9.81. The van der Waals surface area contributed by atoms with Crippen LogP contribution in [0.15, 0.2) is 18.2 Å². The summed E-state index contributed by atoms with van der Waals surface area (Å²) in [5.41, 5.74) is 4.77. The maximum Gasteiger partial charge on any atom is 0.0417 e. The molecule has 1 N–H and O–H groups in total. The highest BCUT2D eigenvalue weighted by molar-refractivity contribution is 5.66. The summed E-state index contributed by atoms with van der Waals surface area (Å²) in [7, 11) is 0. The standard InChI is InChI=1S/C14H21N/c1-13(2,3)10-7-6-8-11-12(10)15-9-14(11,4)5/h6-8,15H,9H2,1-5H3. The summed E-state index contributed by atoms with van der Waals surface area (Å²) in [6.45, 7) is 12.5. The maximum atomic E-state index is 3.57. The van der Waals surface area contributed by atoms with Crippen LogP contribution in [0.1, 0.15) is 45.7 Å². The number of para-hydroxylation sites is 1. The van der Waals surface area contributed by atoms with Crippen LogP contribution in [-0.2, 0) is 10.8 Å². The van der Waals surface area contributed by atoms with E-state index in [0.29, 0.717) is 0 Å². The van der Waals surface area contributed by atoms with Gasteiger partial charge in [-0.25, -0.2) is 0 Å². The van der Waals surface area contributed by atoms with Gasteiger partial charge in [0.25, 0.3) is 0 Å². The van der Waals surface area contributed by atoms with Gasteiger partial charge in [0.1, 0.15) is 0 Å². The van der Waals surface area contributed by atoms with E-state index in [-0.39, 0.29) is 10.8 Å². The average Bonchev–Trinajstić information content (AvgIpc) is 2.41. The van der Waals surface area contributed by atoms with Gasteiger partial charge in [-0.05, 0) is 16.5 Å². The first-order chi connectivity index (χ1) is 6.82. The smallest absolute Gasteiger partial charge is 0.0417 e. The fourth-order valence-corrected chi connectivity index (χ4v) is 2.34. The lowest BCUT2D eigenvalue weighted by molar-refractivity contribution is 0.582. The van der Waals surface area contributed by atoms with E-state index < -0.39 is 0 Å². The predicted octanol–water partition coefficient (Wildman–Crippen LogP) is 3.69. The molecule has 0 aliphatic carbocycles. The quantitative estimate of drug-likeness (QED) is 0.678. The molecule has 1 aromatic carbocycles. The van der Waals surface area contributed by atoms with Crippen molar-refractivity contribution in [3.63, 3.8) is 0 Å². The normalized spacial score (nSPS) is 18.5. The van der Waals surface area contributed by atoms with Gasteiger partial charge in [0.2, 0.25) is 0 Å². The predicted molar refractivity (Wildman–Crippen MR) is 66.7 cm³/mol. The molecule has 82 valence electrons. The molecule has 0 bridgehead atoms. The molecule has 1 aromatic rings. The van der Waals surface area contributed by atoms with Gasteiger partial charge in [0, 0.05) is 17.6 Å². The number of hydrogen-bond donors (Lipinski definition) is 1. The number of benzene rings is 1. The van der Waals surface area contributed by atoms with Gasteiger partial charge < -0.3 is 5.32 Å². The van der Waals surface area contributed by atoms with Gasteiger partial charge in [-0.2, -0.15) is 0 Å². The SMILES string of the molecule is CC(C)(C)c1cccc2c1NCC2(C)C. The van der Waals surface area contributed by atoms with Crippen LogP contribution in [-0.4, -0.2) is 6.54 Å². The third-order valence-corrected chi connectivity index (χ3v) is 3.31.